The first-order valence-corrected chi connectivity index (χ1v) is 7.36. The van der Waals surface area contributed by atoms with Crippen LogP contribution >= 0.6 is 0 Å². The Balaban J connectivity index is 2.06. The van der Waals surface area contributed by atoms with Crippen LogP contribution in [0.25, 0.3) is 0 Å². The molecule has 0 spiro atoms. The van der Waals surface area contributed by atoms with Crippen LogP contribution < -0.4 is 4.72 Å². The minimum atomic E-state index is -3.58. The van der Waals surface area contributed by atoms with Crippen molar-refractivity contribution in [3.8, 4) is 6.07 Å². The fourth-order valence-electron chi connectivity index (χ4n) is 1.66. The van der Waals surface area contributed by atoms with E-state index in [0.717, 1.165) is 0 Å². The quantitative estimate of drug-likeness (QED) is 0.861. The lowest BCUT2D eigenvalue weighted by Crippen LogP contribution is -2.27. The molecule has 0 aliphatic heterocycles. The van der Waals surface area contributed by atoms with Crippen LogP contribution in [-0.4, -0.2) is 30.0 Å². The van der Waals surface area contributed by atoms with E-state index in [9.17, 15) is 8.42 Å². The summed E-state index contributed by atoms with van der Waals surface area (Å²) in [5.74, 6) is 0. The molecule has 0 fully saturated rings. The molecule has 0 atom stereocenters. The van der Waals surface area contributed by atoms with Gasteiger partial charge in [-0.3, -0.25) is 4.68 Å². The van der Waals surface area contributed by atoms with Gasteiger partial charge in [-0.15, -0.1) is 5.10 Å². The lowest BCUT2D eigenvalue weighted by atomic mass is 10.1. The fourth-order valence-corrected chi connectivity index (χ4v) is 2.76. The third kappa shape index (κ3) is 3.20. The number of nitrogens with one attached hydrogen (secondary N) is 1. The Morgan fingerprint density at radius 1 is 1.45 bits per heavy atom. The highest BCUT2D eigenvalue weighted by atomic mass is 32.2. The molecular weight excluding hydrogens is 278 g/mol. The van der Waals surface area contributed by atoms with Gasteiger partial charge in [0.1, 0.15) is 0 Å². The maximum absolute atomic E-state index is 12.1. The normalized spacial score (nSPS) is 11.2. The third-order valence-electron chi connectivity index (χ3n) is 2.73. The van der Waals surface area contributed by atoms with Crippen molar-refractivity contribution in [1.82, 2.24) is 19.7 Å². The van der Waals surface area contributed by atoms with Crippen molar-refractivity contribution < 1.29 is 8.42 Å². The molecule has 1 heterocycles. The van der Waals surface area contributed by atoms with E-state index in [4.69, 9.17) is 5.26 Å². The molecule has 0 radical (unpaired) electrons. The minimum Gasteiger partial charge on any atom is -0.251 e. The Morgan fingerprint density at radius 2 is 2.25 bits per heavy atom. The zero-order chi connectivity index (χ0) is 14.6. The molecular formula is C12H13N5O2S. The molecule has 0 saturated heterocycles. The molecule has 0 aliphatic rings. The molecule has 20 heavy (non-hydrogen) atoms. The smallest absolute Gasteiger partial charge is 0.240 e. The van der Waals surface area contributed by atoms with Crippen LogP contribution in [0.4, 0.5) is 0 Å². The maximum Gasteiger partial charge on any atom is 0.240 e. The molecule has 0 amide bonds. The van der Waals surface area contributed by atoms with E-state index in [1.54, 1.807) is 13.1 Å². The average molecular weight is 291 g/mol. The van der Waals surface area contributed by atoms with Crippen molar-refractivity contribution in [3.05, 3.63) is 41.7 Å². The second-order valence-electron chi connectivity index (χ2n) is 4.15. The third-order valence-corrected chi connectivity index (χ3v) is 4.19. The zero-order valence-electron chi connectivity index (χ0n) is 10.8. The summed E-state index contributed by atoms with van der Waals surface area (Å²) in [5, 5.41) is 16.2. The molecule has 0 aliphatic carbocycles. The lowest BCUT2D eigenvalue weighted by Gasteiger charge is -2.08. The SMILES string of the molecule is Cc1cc(S(=O)(=O)NCCn2ccnn2)ccc1C#N. The van der Waals surface area contributed by atoms with E-state index in [2.05, 4.69) is 15.0 Å². The average Bonchev–Trinajstić information content (AvgIpc) is 2.91. The maximum atomic E-state index is 12.1. The predicted molar refractivity (Wildman–Crippen MR) is 71.1 cm³/mol. The van der Waals surface area contributed by atoms with Gasteiger partial charge >= 0.3 is 0 Å². The molecule has 8 heteroatoms. The number of nitriles is 1. The summed E-state index contributed by atoms with van der Waals surface area (Å²) < 4.78 is 28.2. The van der Waals surface area contributed by atoms with Crippen LogP contribution in [0.5, 0.6) is 0 Å². The monoisotopic (exact) mass is 291 g/mol. The summed E-state index contributed by atoms with van der Waals surface area (Å²) in [6.07, 6.45) is 3.18. The van der Waals surface area contributed by atoms with Gasteiger partial charge in [-0.05, 0) is 30.7 Å². The Labute approximate surface area is 116 Å². The van der Waals surface area contributed by atoms with Crippen LogP contribution in [0.3, 0.4) is 0 Å². The Morgan fingerprint density at radius 3 is 2.85 bits per heavy atom. The standard InChI is InChI=1S/C12H13N5O2S/c1-10-8-12(3-2-11(10)9-13)20(18,19)15-5-7-17-6-4-14-16-17/h2-4,6,8,15H,5,7H2,1H3. The Kier molecular flexibility index (Phi) is 4.12. The summed E-state index contributed by atoms with van der Waals surface area (Å²) >= 11 is 0. The zero-order valence-corrected chi connectivity index (χ0v) is 11.6. The first-order chi connectivity index (χ1) is 9.53. The van der Waals surface area contributed by atoms with Crippen molar-refractivity contribution in [2.24, 2.45) is 0 Å². The number of aromatic nitrogens is 3. The van der Waals surface area contributed by atoms with Gasteiger partial charge in [0.15, 0.2) is 0 Å². The molecule has 104 valence electrons. The number of hydrogen-bond donors (Lipinski definition) is 1. The van der Waals surface area contributed by atoms with Gasteiger partial charge < -0.3 is 0 Å². The van der Waals surface area contributed by atoms with Crippen LogP contribution in [0, 0.1) is 18.3 Å². The van der Waals surface area contributed by atoms with Crippen molar-refractivity contribution in [3.63, 3.8) is 0 Å². The molecule has 1 aromatic carbocycles. The number of aryl methyl sites for hydroxylation is 1. The molecule has 1 N–H and O–H groups in total. The van der Waals surface area contributed by atoms with Gasteiger partial charge in [-0.25, -0.2) is 13.1 Å². The molecule has 0 saturated carbocycles. The van der Waals surface area contributed by atoms with Gasteiger partial charge in [0, 0.05) is 12.7 Å². The van der Waals surface area contributed by atoms with E-state index in [-0.39, 0.29) is 11.4 Å². The summed E-state index contributed by atoms with van der Waals surface area (Å²) in [6.45, 7) is 2.31. The van der Waals surface area contributed by atoms with Crippen molar-refractivity contribution in [2.45, 2.75) is 18.4 Å². The minimum absolute atomic E-state index is 0.146. The van der Waals surface area contributed by atoms with Crippen LogP contribution in [-0.2, 0) is 16.6 Å². The molecule has 2 rings (SSSR count). The fraction of sp³-hybridized carbons (Fsp3) is 0.250. The van der Waals surface area contributed by atoms with Crippen molar-refractivity contribution in [2.75, 3.05) is 6.54 Å². The number of benzene rings is 1. The number of nitrogens with zero attached hydrogens (tertiary/aromatic N) is 4. The molecule has 2 aromatic rings. The van der Waals surface area contributed by atoms with E-state index < -0.39 is 10.0 Å². The lowest BCUT2D eigenvalue weighted by molar-refractivity contribution is 0.553. The van der Waals surface area contributed by atoms with E-state index >= 15 is 0 Å². The summed E-state index contributed by atoms with van der Waals surface area (Å²) in [4.78, 5) is 0.146. The number of hydrogen-bond acceptors (Lipinski definition) is 5. The summed E-state index contributed by atoms with van der Waals surface area (Å²) in [5.41, 5.74) is 1.10. The van der Waals surface area contributed by atoms with E-state index in [0.29, 0.717) is 17.7 Å². The van der Waals surface area contributed by atoms with Crippen LogP contribution in [0.1, 0.15) is 11.1 Å². The largest absolute Gasteiger partial charge is 0.251 e. The van der Waals surface area contributed by atoms with Gasteiger partial charge in [0.05, 0.1) is 29.3 Å². The van der Waals surface area contributed by atoms with E-state index in [1.165, 1.54) is 29.1 Å². The van der Waals surface area contributed by atoms with Crippen molar-refractivity contribution >= 4 is 10.0 Å². The van der Waals surface area contributed by atoms with Crippen LogP contribution in [0.15, 0.2) is 35.5 Å². The molecule has 0 unspecified atom stereocenters. The molecule has 0 bridgehead atoms. The number of rotatable bonds is 5. The van der Waals surface area contributed by atoms with Crippen LogP contribution in [0.2, 0.25) is 0 Å². The first-order valence-electron chi connectivity index (χ1n) is 5.87. The van der Waals surface area contributed by atoms with Gasteiger partial charge in [-0.2, -0.15) is 5.26 Å². The Hall–Kier alpha value is -2.24. The molecule has 1 aromatic heterocycles. The predicted octanol–water partition coefficient (Wildman–Crippen LogP) is 0.437. The highest BCUT2D eigenvalue weighted by Gasteiger charge is 2.14. The second kappa shape index (κ2) is 5.81. The van der Waals surface area contributed by atoms with Gasteiger partial charge in [0.2, 0.25) is 10.0 Å². The van der Waals surface area contributed by atoms with Crippen molar-refractivity contribution in [1.29, 1.82) is 5.26 Å². The first kappa shape index (κ1) is 14.2. The summed E-state index contributed by atoms with van der Waals surface area (Å²) in [7, 11) is -3.58. The molecule has 7 nitrogen and oxygen atoms in total. The second-order valence-corrected chi connectivity index (χ2v) is 5.92. The number of sulfonamides is 1. The Bertz CT molecular complexity index is 732. The van der Waals surface area contributed by atoms with Gasteiger partial charge in [0.25, 0.3) is 0 Å². The highest BCUT2D eigenvalue weighted by Crippen LogP contribution is 2.14. The highest BCUT2D eigenvalue weighted by molar-refractivity contribution is 7.89. The summed E-state index contributed by atoms with van der Waals surface area (Å²) in [6, 6.07) is 6.41. The topological polar surface area (TPSA) is 101 Å². The van der Waals surface area contributed by atoms with Gasteiger partial charge in [-0.1, -0.05) is 5.21 Å². The van der Waals surface area contributed by atoms with E-state index in [1.807, 2.05) is 6.07 Å².